The molecule has 5 heteroatoms. The number of aryl methyl sites for hydroxylation is 1. The Morgan fingerprint density at radius 1 is 1.38 bits per heavy atom. The van der Waals surface area contributed by atoms with E-state index in [1.807, 2.05) is 25.1 Å². The lowest BCUT2D eigenvalue weighted by Crippen LogP contribution is -2.33. The van der Waals surface area contributed by atoms with Gasteiger partial charge in [-0.1, -0.05) is 18.1 Å². The van der Waals surface area contributed by atoms with Gasteiger partial charge in [0.1, 0.15) is 5.75 Å². The second-order valence-corrected chi connectivity index (χ2v) is 5.71. The molecule has 5 nitrogen and oxygen atoms in total. The highest BCUT2D eigenvalue weighted by molar-refractivity contribution is 5.64. The van der Waals surface area contributed by atoms with E-state index in [-0.39, 0.29) is 6.04 Å². The maximum Gasteiger partial charge on any atom is 0.244 e. The van der Waals surface area contributed by atoms with Gasteiger partial charge in [0, 0.05) is 0 Å². The molecule has 1 aromatic carbocycles. The summed E-state index contributed by atoms with van der Waals surface area (Å²) < 4.78 is 10.9. The average molecular weight is 287 g/mol. The molecule has 1 aliphatic rings. The lowest BCUT2D eigenvalue weighted by Gasteiger charge is -2.26. The van der Waals surface area contributed by atoms with Gasteiger partial charge in [-0.3, -0.25) is 0 Å². The Balaban J connectivity index is 1.91. The van der Waals surface area contributed by atoms with Crippen molar-refractivity contribution in [2.24, 2.45) is 5.92 Å². The molecule has 112 valence electrons. The summed E-state index contributed by atoms with van der Waals surface area (Å²) in [6.07, 6.45) is 2.38. The van der Waals surface area contributed by atoms with Crippen molar-refractivity contribution in [1.82, 2.24) is 15.5 Å². The van der Waals surface area contributed by atoms with E-state index in [1.54, 1.807) is 7.11 Å². The van der Waals surface area contributed by atoms with E-state index >= 15 is 0 Å². The molecule has 1 aromatic heterocycles. The summed E-state index contributed by atoms with van der Waals surface area (Å²) in [5, 5.41) is 7.59. The lowest BCUT2D eigenvalue weighted by molar-refractivity contribution is 0.239. The van der Waals surface area contributed by atoms with Gasteiger partial charge in [-0.05, 0) is 49.9 Å². The summed E-state index contributed by atoms with van der Waals surface area (Å²) in [6.45, 7) is 5.25. The molecule has 21 heavy (non-hydrogen) atoms. The Labute approximate surface area is 124 Å². The summed E-state index contributed by atoms with van der Waals surface area (Å²) in [5.74, 6) is 2.53. The molecule has 1 N–H and O–H groups in total. The topological polar surface area (TPSA) is 60.2 Å². The average Bonchev–Trinajstić information content (AvgIpc) is 2.97. The number of ether oxygens (including phenoxy) is 1. The predicted molar refractivity (Wildman–Crippen MR) is 80.2 cm³/mol. The van der Waals surface area contributed by atoms with E-state index < -0.39 is 0 Å². The minimum Gasteiger partial charge on any atom is -0.496 e. The third kappa shape index (κ3) is 2.78. The van der Waals surface area contributed by atoms with Crippen molar-refractivity contribution in [3.8, 4) is 17.1 Å². The summed E-state index contributed by atoms with van der Waals surface area (Å²) in [4.78, 5) is 4.57. The fraction of sp³-hybridized carbons (Fsp3) is 0.500. The standard InChI is InChI=1S/C16H21N3O2/c1-10-6-7-12(13(9-10)20-3)15-18-16(21-19-15)14-11(2)5-4-8-17-14/h6-7,9,11,14,17H,4-5,8H2,1-3H3. The van der Waals surface area contributed by atoms with Gasteiger partial charge in [0.05, 0.1) is 18.7 Å². The van der Waals surface area contributed by atoms with Crippen molar-refractivity contribution in [2.75, 3.05) is 13.7 Å². The van der Waals surface area contributed by atoms with E-state index in [4.69, 9.17) is 9.26 Å². The van der Waals surface area contributed by atoms with Gasteiger partial charge in [0.15, 0.2) is 0 Å². The van der Waals surface area contributed by atoms with Gasteiger partial charge >= 0.3 is 0 Å². The van der Waals surface area contributed by atoms with Crippen LogP contribution in [0.15, 0.2) is 22.7 Å². The zero-order chi connectivity index (χ0) is 14.8. The molecule has 0 aliphatic carbocycles. The van der Waals surface area contributed by atoms with Crippen molar-refractivity contribution in [3.63, 3.8) is 0 Å². The Morgan fingerprint density at radius 2 is 2.24 bits per heavy atom. The molecule has 0 saturated carbocycles. The van der Waals surface area contributed by atoms with Gasteiger partial charge in [-0.15, -0.1) is 0 Å². The normalized spacial score (nSPS) is 22.2. The summed E-state index contributed by atoms with van der Waals surface area (Å²) >= 11 is 0. The number of hydrogen-bond acceptors (Lipinski definition) is 5. The molecule has 2 heterocycles. The molecular formula is C16H21N3O2. The van der Waals surface area contributed by atoms with E-state index in [1.165, 1.54) is 12.8 Å². The fourth-order valence-electron chi connectivity index (χ4n) is 2.83. The third-order valence-electron chi connectivity index (χ3n) is 4.08. The number of nitrogens with zero attached hydrogens (tertiary/aromatic N) is 2. The van der Waals surface area contributed by atoms with Crippen LogP contribution in [0.2, 0.25) is 0 Å². The molecule has 1 aliphatic heterocycles. The van der Waals surface area contributed by atoms with Crippen LogP contribution in [-0.4, -0.2) is 23.8 Å². The van der Waals surface area contributed by atoms with E-state index in [9.17, 15) is 0 Å². The summed E-state index contributed by atoms with van der Waals surface area (Å²) in [6, 6.07) is 6.12. The van der Waals surface area contributed by atoms with Crippen molar-refractivity contribution >= 4 is 0 Å². The minimum atomic E-state index is 0.149. The number of aromatic nitrogens is 2. The summed E-state index contributed by atoms with van der Waals surface area (Å²) in [7, 11) is 1.66. The Bertz CT molecular complexity index is 624. The lowest BCUT2D eigenvalue weighted by atomic mass is 9.93. The smallest absolute Gasteiger partial charge is 0.244 e. The van der Waals surface area contributed by atoms with Crippen LogP contribution in [0.4, 0.5) is 0 Å². The van der Waals surface area contributed by atoms with Crippen LogP contribution >= 0.6 is 0 Å². The first-order chi connectivity index (χ1) is 10.2. The molecule has 0 bridgehead atoms. The molecule has 3 rings (SSSR count). The Morgan fingerprint density at radius 3 is 3.00 bits per heavy atom. The molecule has 0 amide bonds. The van der Waals surface area contributed by atoms with Crippen molar-refractivity contribution in [1.29, 1.82) is 0 Å². The second-order valence-electron chi connectivity index (χ2n) is 5.71. The van der Waals surface area contributed by atoms with E-state index in [2.05, 4.69) is 22.4 Å². The van der Waals surface area contributed by atoms with Crippen LogP contribution < -0.4 is 10.1 Å². The second kappa shape index (κ2) is 5.85. The molecule has 2 atom stereocenters. The van der Waals surface area contributed by atoms with Gasteiger partial charge in [-0.2, -0.15) is 4.98 Å². The van der Waals surface area contributed by atoms with Gasteiger partial charge in [0.25, 0.3) is 0 Å². The number of rotatable bonds is 3. The fourth-order valence-corrected chi connectivity index (χ4v) is 2.83. The molecule has 0 radical (unpaired) electrons. The van der Waals surface area contributed by atoms with E-state index in [0.717, 1.165) is 23.4 Å². The van der Waals surface area contributed by atoms with Crippen molar-refractivity contribution in [3.05, 3.63) is 29.7 Å². The monoisotopic (exact) mass is 287 g/mol. The van der Waals surface area contributed by atoms with Gasteiger partial charge in [-0.25, -0.2) is 0 Å². The molecule has 1 fully saturated rings. The Hall–Kier alpha value is -1.88. The van der Waals surface area contributed by atoms with Crippen LogP contribution in [-0.2, 0) is 0 Å². The minimum absolute atomic E-state index is 0.149. The number of nitrogens with one attached hydrogen (secondary N) is 1. The van der Waals surface area contributed by atoms with Crippen LogP contribution in [0, 0.1) is 12.8 Å². The first-order valence-corrected chi connectivity index (χ1v) is 7.41. The predicted octanol–water partition coefficient (Wildman–Crippen LogP) is 3.11. The molecular weight excluding hydrogens is 266 g/mol. The molecule has 0 spiro atoms. The quantitative estimate of drug-likeness (QED) is 0.940. The molecule has 2 unspecified atom stereocenters. The van der Waals surface area contributed by atoms with Crippen LogP contribution in [0.25, 0.3) is 11.4 Å². The summed E-state index contributed by atoms with van der Waals surface area (Å²) in [5.41, 5.74) is 2.00. The highest BCUT2D eigenvalue weighted by Crippen LogP contribution is 2.32. The van der Waals surface area contributed by atoms with Gasteiger partial charge < -0.3 is 14.6 Å². The van der Waals surface area contributed by atoms with Crippen LogP contribution in [0.5, 0.6) is 5.75 Å². The maximum absolute atomic E-state index is 5.48. The molecule has 2 aromatic rings. The van der Waals surface area contributed by atoms with Crippen molar-refractivity contribution in [2.45, 2.75) is 32.7 Å². The largest absolute Gasteiger partial charge is 0.496 e. The first-order valence-electron chi connectivity index (χ1n) is 7.41. The van der Waals surface area contributed by atoms with Gasteiger partial charge in [0.2, 0.25) is 11.7 Å². The van der Waals surface area contributed by atoms with E-state index in [0.29, 0.717) is 17.6 Å². The highest BCUT2D eigenvalue weighted by Gasteiger charge is 2.28. The third-order valence-corrected chi connectivity index (χ3v) is 4.08. The SMILES string of the molecule is COc1cc(C)ccc1-c1noc(C2NCCCC2C)n1. The van der Waals surface area contributed by atoms with Crippen LogP contribution in [0.1, 0.15) is 37.3 Å². The zero-order valence-corrected chi connectivity index (χ0v) is 12.7. The first kappa shape index (κ1) is 14.1. The maximum atomic E-state index is 5.48. The van der Waals surface area contributed by atoms with Crippen LogP contribution in [0.3, 0.4) is 0 Å². The number of hydrogen-bond donors (Lipinski definition) is 1. The highest BCUT2D eigenvalue weighted by atomic mass is 16.5. The Kier molecular flexibility index (Phi) is 3.92. The number of piperidine rings is 1. The molecule has 1 saturated heterocycles. The zero-order valence-electron chi connectivity index (χ0n) is 12.7. The number of benzene rings is 1. The van der Waals surface area contributed by atoms with Crippen molar-refractivity contribution < 1.29 is 9.26 Å². The number of methoxy groups -OCH3 is 1.